The summed E-state index contributed by atoms with van der Waals surface area (Å²) in [4.78, 5) is 26.0. The van der Waals surface area contributed by atoms with Gasteiger partial charge in [-0.3, -0.25) is 9.59 Å². The summed E-state index contributed by atoms with van der Waals surface area (Å²) in [6, 6.07) is 3.58. The average Bonchev–Trinajstić information content (AvgIpc) is 2.68. The van der Waals surface area contributed by atoms with Crippen molar-refractivity contribution in [3.63, 3.8) is 0 Å². The number of morpholine rings is 1. The monoisotopic (exact) mass is 395 g/mol. The second-order valence-electron chi connectivity index (χ2n) is 6.75. The molecule has 1 aliphatic rings. The Labute approximate surface area is 165 Å². The minimum Gasteiger partial charge on any atom is -0.493 e. The van der Waals surface area contributed by atoms with Crippen molar-refractivity contribution in [3.05, 3.63) is 17.7 Å². The van der Waals surface area contributed by atoms with Gasteiger partial charge >= 0.3 is 5.97 Å². The average molecular weight is 395 g/mol. The summed E-state index contributed by atoms with van der Waals surface area (Å²) in [7, 11) is 4.60. The lowest BCUT2D eigenvalue weighted by Gasteiger charge is -2.35. The van der Waals surface area contributed by atoms with E-state index in [0.29, 0.717) is 36.8 Å². The SMILES string of the molecule is COc1cc(CCC(=O)OCC(=O)N2C[C@H](C)O[C@@H](C)C2)cc(OC)c1OC. The molecule has 1 heterocycles. The molecule has 28 heavy (non-hydrogen) atoms. The molecule has 0 bridgehead atoms. The van der Waals surface area contributed by atoms with Gasteiger partial charge in [-0.2, -0.15) is 0 Å². The molecule has 0 aromatic heterocycles. The molecule has 2 atom stereocenters. The van der Waals surface area contributed by atoms with Crippen LogP contribution in [0.25, 0.3) is 0 Å². The molecular weight excluding hydrogens is 366 g/mol. The topological polar surface area (TPSA) is 83.5 Å². The Balaban J connectivity index is 1.86. The third kappa shape index (κ3) is 5.76. The number of carbonyl (C=O) groups is 2. The highest BCUT2D eigenvalue weighted by Gasteiger charge is 2.26. The van der Waals surface area contributed by atoms with Gasteiger partial charge in [0, 0.05) is 19.5 Å². The summed E-state index contributed by atoms with van der Waals surface area (Å²) < 4.78 is 26.7. The number of nitrogens with zero attached hydrogens (tertiary/aromatic N) is 1. The highest BCUT2D eigenvalue weighted by molar-refractivity contribution is 5.80. The summed E-state index contributed by atoms with van der Waals surface area (Å²) in [5.74, 6) is 0.905. The Kier molecular flexibility index (Phi) is 7.92. The smallest absolute Gasteiger partial charge is 0.306 e. The third-order valence-corrected chi connectivity index (χ3v) is 4.47. The van der Waals surface area contributed by atoms with Crippen molar-refractivity contribution < 1.29 is 33.3 Å². The molecular formula is C20H29NO7. The van der Waals surface area contributed by atoms with Crippen molar-refractivity contribution in [2.75, 3.05) is 41.0 Å². The minimum absolute atomic E-state index is 0.0246. The molecule has 2 rings (SSSR count). The van der Waals surface area contributed by atoms with Crippen LogP contribution in [-0.2, 0) is 25.5 Å². The molecule has 156 valence electrons. The number of aryl methyl sites for hydroxylation is 1. The fourth-order valence-electron chi connectivity index (χ4n) is 3.21. The van der Waals surface area contributed by atoms with E-state index < -0.39 is 5.97 Å². The van der Waals surface area contributed by atoms with Crippen LogP contribution in [0.15, 0.2) is 12.1 Å². The van der Waals surface area contributed by atoms with E-state index >= 15 is 0 Å². The minimum atomic E-state index is -0.434. The van der Waals surface area contributed by atoms with Crippen LogP contribution in [0.1, 0.15) is 25.8 Å². The maximum absolute atomic E-state index is 12.3. The Morgan fingerprint density at radius 3 is 2.11 bits per heavy atom. The van der Waals surface area contributed by atoms with Crippen LogP contribution < -0.4 is 14.2 Å². The van der Waals surface area contributed by atoms with Crippen LogP contribution in [0.3, 0.4) is 0 Å². The molecule has 1 aliphatic heterocycles. The highest BCUT2D eigenvalue weighted by Crippen LogP contribution is 2.38. The zero-order valence-electron chi connectivity index (χ0n) is 17.1. The number of benzene rings is 1. The van der Waals surface area contributed by atoms with E-state index in [0.717, 1.165) is 5.56 Å². The van der Waals surface area contributed by atoms with Gasteiger partial charge in [-0.1, -0.05) is 0 Å². The summed E-state index contributed by atoms with van der Waals surface area (Å²) in [6.45, 7) is 4.59. The van der Waals surface area contributed by atoms with Crippen LogP contribution in [-0.4, -0.2) is 70.0 Å². The normalized spacial score (nSPS) is 19.1. The van der Waals surface area contributed by atoms with E-state index in [-0.39, 0.29) is 31.1 Å². The predicted molar refractivity (Wildman–Crippen MR) is 102 cm³/mol. The lowest BCUT2D eigenvalue weighted by molar-refractivity contribution is -0.157. The fraction of sp³-hybridized carbons (Fsp3) is 0.600. The maximum Gasteiger partial charge on any atom is 0.306 e. The summed E-state index contributed by atoms with van der Waals surface area (Å²) in [5.41, 5.74) is 0.841. The van der Waals surface area contributed by atoms with Gasteiger partial charge in [-0.15, -0.1) is 0 Å². The van der Waals surface area contributed by atoms with E-state index in [1.54, 1.807) is 17.0 Å². The van der Waals surface area contributed by atoms with Crippen LogP contribution in [0.5, 0.6) is 17.2 Å². The number of ether oxygens (including phenoxy) is 5. The number of carbonyl (C=O) groups excluding carboxylic acids is 2. The maximum atomic E-state index is 12.3. The molecule has 1 saturated heterocycles. The number of hydrogen-bond acceptors (Lipinski definition) is 7. The predicted octanol–water partition coefficient (Wildman–Crippen LogP) is 1.82. The second-order valence-corrected chi connectivity index (χ2v) is 6.75. The van der Waals surface area contributed by atoms with E-state index in [1.807, 2.05) is 13.8 Å². The molecule has 0 saturated carbocycles. The quantitative estimate of drug-likeness (QED) is 0.621. The van der Waals surface area contributed by atoms with Gasteiger partial charge in [0.05, 0.1) is 33.5 Å². The fourth-order valence-corrected chi connectivity index (χ4v) is 3.21. The largest absolute Gasteiger partial charge is 0.493 e. The molecule has 1 aromatic rings. The summed E-state index contributed by atoms with van der Waals surface area (Å²) in [5, 5.41) is 0. The van der Waals surface area contributed by atoms with Gasteiger partial charge in [0.2, 0.25) is 5.75 Å². The number of methoxy groups -OCH3 is 3. The first-order valence-electron chi connectivity index (χ1n) is 9.25. The number of amides is 1. The Morgan fingerprint density at radius 2 is 1.61 bits per heavy atom. The van der Waals surface area contributed by atoms with Crippen molar-refractivity contribution >= 4 is 11.9 Å². The van der Waals surface area contributed by atoms with Gasteiger partial charge < -0.3 is 28.6 Å². The number of rotatable bonds is 8. The molecule has 1 aromatic carbocycles. The summed E-state index contributed by atoms with van der Waals surface area (Å²) >= 11 is 0. The molecule has 8 nitrogen and oxygen atoms in total. The highest BCUT2D eigenvalue weighted by atomic mass is 16.5. The number of esters is 1. The first-order chi connectivity index (χ1) is 13.4. The molecule has 0 aliphatic carbocycles. The van der Waals surface area contributed by atoms with Crippen LogP contribution in [0.4, 0.5) is 0 Å². The number of hydrogen-bond donors (Lipinski definition) is 0. The Bertz CT molecular complexity index is 656. The third-order valence-electron chi connectivity index (χ3n) is 4.47. The lowest BCUT2D eigenvalue weighted by atomic mass is 10.1. The molecule has 0 spiro atoms. The summed E-state index contributed by atoms with van der Waals surface area (Å²) in [6.07, 6.45) is 0.517. The zero-order chi connectivity index (χ0) is 20.7. The van der Waals surface area contributed by atoms with Crippen molar-refractivity contribution in [2.24, 2.45) is 0 Å². The van der Waals surface area contributed by atoms with E-state index in [2.05, 4.69) is 0 Å². The molecule has 0 unspecified atom stereocenters. The standard InChI is InChI=1S/C20H29NO7/c1-13-10-21(11-14(2)28-13)18(22)12-27-19(23)7-6-15-8-16(24-3)20(26-5)17(9-15)25-4/h8-9,13-14H,6-7,10-12H2,1-5H3/t13-,14-/m0/s1. The van der Waals surface area contributed by atoms with Crippen molar-refractivity contribution in [3.8, 4) is 17.2 Å². The van der Waals surface area contributed by atoms with Crippen LogP contribution >= 0.6 is 0 Å². The van der Waals surface area contributed by atoms with Crippen LogP contribution in [0, 0.1) is 0 Å². The van der Waals surface area contributed by atoms with Gasteiger partial charge in [-0.25, -0.2) is 0 Å². The Hall–Kier alpha value is -2.48. The first kappa shape index (κ1) is 21.8. The molecule has 8 heteroatoms. The van der Waals surface area contributed by atoms with Gasteiger partial charge in [0.1, 0.15) is 0 Å². The Morgan fingerprint density at radius 1 is 1.04 bits per heavy atom. The van der Waals surface area contributed by atoms with E-state index in [1.165, 1.54) is 21.3 Å². The zero-order valence-corrected chi connectivity index (χ0v) is 17.1. The van der Waals surface area contributed by atoms with E-state index in [4.69, 9.17) is 23.7 Å². The van der Waals surface area contributed by atoms with Crippen molar-refractivity contribution in [2.45, 2.75) is 38.9 Å². The van der Waals surface area contributed by atoms with Gasteiger partial charge in [-0.05, 0) is 38.0 Å². The molecule has 0 radical (unpaired) electrons. The molecule has 1 amide bonds. The van der Waals surface area contributed by atoms with Gasteiger partial charge in [0.15, 0.2) is 18.1 Å². The van der Waals surface area contributed by atoms with E-state index in [9.17, 15) is 9.59 Å². The lowest BCUT2D eigenvalue weighted by Crippen LogP contribution is -2.49. The molecule has 0 N–H and O–H groups in total. The van der Waals surface area contributed by atoms with Gasteiger partial charge in [0.25, 0.3) is 5.91 Å². The second kappa shape index (κ2) is 10.2. The van der Waals surface area contributed by atoms with Crippen molar-refractivity contribution in [1.29, 1.82) is 0 Å². The molecule has 1 fully saturated rings. The van der Waals surface area contributed by atoms with Crippen molar-refractivity contribution in [1.82, 2.24) is 4.90 Å². The first-order valence-corrected chi connectivity index (χ1v) is 9.25. The van der Waals surface area contributed by atoms with Crippen LogP contribution in [0.2, 0.25) is 0 Å².